The lowest BCUT2D eigenvalue weighted by Crippen LogP contribution is -2.31. The van der Waals surface area contributed by atoms with Crippen LogP contribution in [-0.2, 0) is 16.9 Å². The third-order valence-corrected chi connectivity index (χ3v) is 4.33. The molecule has 1 aromatic carbocycles. The van der Waals surface area contributed by atoms with Crippen molar-refractivity contribution >= 4 is 15.9 Å². The second-order valence-electron chi connectivity index (χ2n) is 5.37. The summed E-state index contributed by atoms with van der Waals surface area (Å²) >= 11 is 3.45. The third kappa shape index (κ3) is 2.76. The van der Waals surface area contributed by atoms with Gasteiger partial charge in [-0.15, -0.1) is 0 Å². The Balaban J connectivity index is 1.93. The highest BCUT2D eigenvalue weighted by Crippen LogP contribution is 2.44. The lowest BCUT2D eigenvalue weighted by atomic mass is 9.79. The summed E-state index contributed by atoms with van der Waals surface area (Å²) in [5, 5.41) is 0. The fraction of sp³-hybridized carbons (Fsp3) is 0.222. The van der Waals surface area contributed by atoms with Crippen molar-refractivity contribution in [2.75, 3.05) is 0 Å². The first kappa shape index (κ1) is 15.1. The molecule has 1 atom stereocenters. The molecule has 3 nitrogen and oxygen atoms in total. The Morgan fingerprint density at radius 1 is 1.41 bits per heavy atom. The highest BCUT2D eigenvalue weighted by atomic mass is 79.9. The Kier molecular flexibility index (Phi) is 4.23. The van der Waals surface area contributed by atoms with Crippen molar-refractivity contribution in [1.82, 2.24) is 5.48 Å². The molecule has 1 spiro atoms. The van der Waals surface area contributed by atoms with Crippen LogP contribution in [0.5, 0.6) is 5.75 Å². The molecule has 114 valence electrons. The fourth-order valence-electron chi connectivity index (χ4n) is 2.98. The summed E-state index contributed by atoms with van der Waals surface area (Å²) in [6.07, 6.45) is 10.3. The number of hydrogen-bond acceptors (Lipinski definition) is 3. The summed E-state index contributed by atoms with van der Waals surface area (Å²) in [6.45, 7) is 7.42. The van der Waals surface area contributed by atoms with E-state index in [1.54, 1.807) is 18.2 Å². The van der Waals surface area contributed by atoms with Crippen molar-refractivity contribution in [2.45, 2.75) is 24.9 Å². The Morgan fingerprint density at radius 2 is 2.27 bits per heavy atom. The summed E-state index contributed by atoms with van der Waals surface area (Å²) in [5.41, 5.74) is 4.99. The van der Waals surface area contributed by atoms with Crippen LogP contribution in [0, 0.1) is 0 Å². The lowest BCUT2D eigenvalue weighted by Gasteiger charge is -2.32. The van der Waals surface area contributed by atoms with Crippen LogP contribution in [0.4, 0.5) is 0 Å². The molecule has 1 N–H and O–H groups in total. The first-order valence-electron chi connectivity index (χ1n) is 7.26. The van der Waals surface area contributed by atoms with Gasteiger partial charge in [0.1, 0.15) is 21.7 Å². The SMILES string of the molecule is C=CC=C(C=C)Oc1ccc2c(c1)CCCC21C=C(Br)NO1. The molecular formula is C18H18BrNO2. The van der Waals surface area contributed by atoms with Gasteiger partial charge in [-0.25, -0.2) is 0 Å². The van der Waals surface area contributed by atoms with Crippen molar-refractivity contribution in [3.63, 3.8) is 0 Å². The fourth-order valence-corrected chi connectivity index (χ4v) is 3.44. The maximum absolute atomic E-state index is 5.83. The summed E-state index contributed by atoms with van der Waals surface area (Å²) < 4.78 is 6.71. The zero-order valence-corrected chi connectivity index (χ0v) is 13.9. The zero-order valence-electron chi connectivity index (χ0n) is 12.3. The topological polar surface area (TPSA) is 30.5 Å². The van der Waals surface area contributed by atoms with Crippen molar-refractivity contribution in [2.24, 2.45) is 0 Å². The summed E-state index contributed by atoms with van der Waals surface area (Å²) in [6, 6.07) is 6.14. The number of nitrogens with one attached hydrogen (secondary N) is 1. The van der Waals surface area contributed by atoms with E-state index in [2.05, 4.69) is 52.8 Å². The minimum Gasteiger partial charge on any atom is -0.457 e. The van der Waals surface area contributed by atoms with Crippen molar-refractivity contribution < 1.29 is 9.57 Å². The van der Waals surface area contributed by atoms with Crippen molar-refractivity contribution in [3.05, 3.63) is 77.2 Å². The smallest absolute Gasteiger partial charge is 0.142 e. The maximum Gasteiger partial charge on any atom is 0.142 e. The van der Waals surface area contributed by atoms with E-state index in [-0.39, 0.29) is 5.60 Å². The monoisotopic (exact) mass is 359 g/mol. The lowest BCUT2D eigenvalue weighted by molar-refractivity contribution is -0.0522. The molecule has 0 radical (unpaired) electrons. The van der Waals surface area contributed by atoms with Gasteiger partial charge in [0.15, 0.2) is 0 Å². The van der Waals surface area contributed by atoms with Gasteiger partial charge in [-0.2, -0.15) is 0 Å². The molecule has 1 aliphatic heterocycles. The second kappa shape index (κ2) is 6.15. The highest BCUT2D eigenvalue weighted by Gasteiger charge is 2.40. The van der Waals surface area contributed by atoms with Gasteiger partial charge < -0.3 is 4.74 Å². The Morgan fingerprint density at radius 3 is 2.95 bits per heavy atom. The van der Waals surface area contributed by atoms with Gasteiger partial charge in [0.2, 0.25) is 0 Å². The largest absolute Gasteiger partial charge is 0.457 e. The highest BCUT2D eigenvalue weighted by molar-refractivity contribution is 9.11. The van der Waals surface area contributed by atoms with Gasteiger partial charge in [0.25, 0.3) is 0 Å². The van der Waals surface area contributed by atoms with Crippen LogP contribution in [0.25, 0.3) is 0 Å². The number of hydroxylamine groups is 1. The molecule has 0 fully saturated rings. The number of fused-ring (bicyclic) bond motifs is 2. The quantitative estimate of drug-likeness (QED) is 0.483. The van der Waals surface area contributed by atoms with Gasteiger partial charge in [-0.3, -0.25) is 10.3 Å². The van der Waals surface area contributed by atoms with Gasteiger partial charge in [0, 0.05) is 0 Å². The number of allylic oxidation sites excluding steroid dienone is 3. The molecule has 22 heavy (non-hydrogen) atoms. The Hall–Kier alpha value is -1.78. The molecule has 0 bridgehead atoms. The molecule has 0 aromatic heterocycles. The molecule has 3 rings (SSSR count). The van der Waals surface area contributed by atoms with Gasteiger partial charge in [-0.05, 0) is 76.7 Å². The zero-order chi connectivity index (χ0) is 15.6. The summed E-state index contributed by atoms with van der Waals surface area (Å²) in [7, 11) is 0. The summed E-state index contributed by atoms with van der Waals surface area (Å²) in [5.74, 6) is 1.49. The van der Waals surface area contributed by atoms with Crippen molar-refractivity contribution in [1.29, 1.82) is 0 Å². The Bertz CT molecular complexity index is 678. The predicted molar refractivity (Wildman–Crippen MR) is 91.4 cm³/mol. The van der Waals surface area contributed by atoms with Crippen LogP contribution in [0.1, 0.15) is 24.0 Å². The Labute approximate surface area is 139 Å². The number of rotatable bonds is 4. The number of ether oxygens (including phenoxy) is 1. The van der Waals surface area contributed by atoms with E-state index >= 15 is 0 Å². The minimum atomic E-state index is -0.372. The number of benzene rings is 1. The number of halogens is 1. The van der Waals surface area contributed by atoms with Crippen LogP contribution in [-0.4, -0.2) is 0 Å². The molecular weight excluding hydrogens is 342 g/mol. The molecule has 1 aliphatic carbocycles. The van der Waals surface area contributed by atoms with E-state index in [1.165, 1.54) is 11.1 Å². The molecule has 2 aliphatic rings. The first-order chi connectivity index (χ1) is 10.7. The van der Waals surface area contributed by atoms with Crippen LogP contribution in [0.2, 0.25) is 0 Å². The molecule has 1 unspecified atom stereocenters. The number of aryl methyl sites for hydroxylation is 1. The normalized spacial score (nSPS) is 23.5. The third-order valence-electron chi connectivity index (χ3n) is 3.94. The van der Waals surface area contributed by atoms with E-state index in [0.29, 0.717) is 5.76 Å². The van der Waals surface area contributed by atoms with E-state index < -0.39 is 0 Å². The maximum atomic E-state index is 5.83. The molecule has 0 saturated heterocycles. The molecule has 0 amide bonds. The van der Waals surface area contributed by atoms with Crippen molar-refractivity contribution in [3.8, 4) is 5.75 Å². The van der Waals surface area contributed by atoms with Gasteiger partial charge in [-0.1, -0.05) is 25.3 Å². The average molecular weight is 360 g/mol. The molecule has 1 aromatic rings. The van der Waals surface area contributed by atoms with Crippen LogP contribution < -0.4 is 10.2 Å². The number of hydrogen-bond donors (Lipinski definition) is 1. The molecule has 4 heteroatoms. The van der Waals surface area contributed by atoms with Crippen LogP contribution in [0.15, 0.2) is 66.0 Å². The van der Waals surface area contributed by atoms with E-state index in [9.17, 15) is 0 Å². The van der Waals surface area contributed by atoms with Crippen LogP contribution >= 0.6 is 15.9 Å². The van der Waals surface area contributed by atoms with Gasteiger partial charge in [0.05, 0.1) is 0 Å². The van der Waals surface area contributed by atoms with E-state index in [1.807, 2.05) is 6.07 Å². The molecule has 0 saturated carbocycles. The van der Waals surface area contributed by atoms with Crippen LogP contribution in [0.3, 0.4) is 0 Å². The van der Waals surface area contributed by atoms with E-state index in [4.69, 9.17) is 9.57 Å². The standard InChI is InChI=1S/C18H18BrNO2/c1-3-6-14(4-2)21-15-8-9-16-13(11-15)7-5-10-18(16)12-17(19)20-22-18/h3-4,6,8-9,11-12,20H,1-2,5,7,10H2. The second-order valence-corrected chi connectivity index (χ2v) is 6.22. The van der Waals surface area contributed by atoms with E-state index in [0.717, 1.165) is 29.6 Å². The average Bonchev–Trinajstić information content (AvgIpc) is 2.88. The van der Waals surface area contributed by atoms with Gasteiger partial charge >= 0.3 is 0 Å². The molecule has 1 heterocycles. The first-order valence-corrected chi connectivity index (χ1v) is 8.05. The minimum absolute atomic E-state index is 0.372. The predicted octanol–water partition coefficient (Wildman–Crippen LogP) is 4.62. The summed E-state index contributed by atoms with van der Waals surface area (Å²) in [4.78, 5) is 5.83.